The van der Waals surface area contributed by atoms with Crippen molar-refractivity contribution < 1.29 is 19.1 Å². The van der Waals surface area contributed by atoms with E-state index in [9.17, 15) is 14.4 Å². The van der Waals surface area contributed by atoms with Gasteiger partial charge in [-0.05, 0) is 29.5 Å². The first-order chi connectivity index (χ1) is 18.9. The van der Waals surface area contributed by atoms with Crippen LogP contribution in [-0.4, -0.2) is 85.1 Å². The van der Waals surface area contributed by atoms with E-state index in [-0.39, 0.29) is 25.0 Å². The SMILES string of the molecule is CN1CCN(CC[C@@H](COC(=O)Nc2cc3ccccc3cn2)NC(=O)CNCc2ccccc2Cl)CC1=O. The van der Waals surface area contributed by atoms with Crippen LogP contribution in [0.15, 0.2) is 60.8 Å². The minimum atomic E-state index is -0.663. The van der Waals surface area contributed by atoms with Crippen LogP contribution in [0.5, 0.6) is 0 Å². The Labute approximate surface area is 232 Å². The number of pyridine rings is 1. The van der Waals surface area contributed by atoms with Crippen LogP contribution < -0.4 is 16.0 Å². The zero-order valence-corrected chi connectivity index (χ0v) is 22.6. The molecule has 10 nitrogen and oxygen atoms in total. The lowest BCUT2D eigenvalue weighted by Crippen LogP contribution is -2.50. The number of halogens is 1. The highest BCUT2D eigenvalue weighted by Crippen LogP contribution is 2.16. The predicted molar refractivity (Wildman–Crippen MR) is 150 cm³/mol. The average Bonchev–Trinajstić information content (AvgIpc) is 2.93. The topological polar surface area (TPSA) is 116 Å². The highest BCUT2D eigenvalue weighted by Gasteiger charge is 2.23. The van der Waals surface area contributed by atoms with Gasteiger partial charge in [0, 0.05) is 49.8 Å². The van der Waals surface area contributed by atoms with E-state index in [1.165, 1.54) is 0 Å². The van der Waals surface area contributed by atoms with Gasteiger partial charge in [-0.3, -0.25) is 19.8 Å². The summed E-state index contributed by atoms with van der Waals surface area (Å²) >= 11 is 6.18. The van der Waals surface area contributed by atoms with E-state index < -0.39 is 12.1 Å². The number of ether oxygens (including phenoxy) is 1. The molecule has 3 N–H and O–H groups in total. The van der Waals surface area contributed by atoms with Crippen LogP contribution in [-0.2, 0) is 20.9 Å². The van der Waals surface area contributed by atoms with Crippen molar-refractivity contribution in [2.24, 2.45) is 0 Å². The Balaban J connectivity index is 1.30. The molecule has 1 aromatic heterocycles. The van der Waals surface area contributed by atoms with E-state index in [0.717, 1.165) is 22.9 Å². The number of carbonyl (C=O) groups is 3. The number of aromatic nitrogens is 1. The maximum absolute atomic E-state index is 12.7. The minimum absolute atomic E-state index is 0.0304. The van der Waals surface area contributed by atoms with Crippen LogP contribution in [0.3, 0.4) is 0 Å². The van der Waals surface area contributed by atoms with Gasteiger partial charge in [0.05, 0.1) is 19.1 Å². The first-order valence-electron chi connectivity index (χ1n) is 12.9. The molecule has 0 bridgehead atoms. The van der Waals surface area contributed by atoms with Crippen LogP contribution in [0.4, 0.5) is 10.6 Å². The van der Waals surface area contributed by atoms with Gasteiger partial charge in [0.2, 0.25) is 11.8 Å². The molecule has 0 spiro atoms. The molecule has 11 heteroatoms. The van der Waals surface area contributed by atoms with Gasteiger partial charge in [-0.2, -0.15) is 0 Å². The van der Waals surface area contributed by atoms with Crippen molar-refractivity contribution in [1.29, 1.82) is 0 Å². The van der Waals surface area contributed by atoms with E-state index in [1.54, 1.807) is 30.3 Å². The van der Waals surface area contributed by atoms with Gasteiger partial charge in [-0.25, -0.2) is 9.78 Å². The summed E-state index contributed by atoms with van der Waals surface area (Å²) in [5.41, 5.74) is 0.894. The second kappa shape index (κ2) is 13.9. The molecule has 2 heterocycles. The van der Waals surface area contributed by atoms with Gasteiger partial charge in [-0.15, -0.1) is 0 Å². The van der Waals surface area contributed by atoms with E-state index in [4.69, 9.17) is 16.3 Å². The summed E-state index contributed by atoms with van der Waals surface area (Å²) in [4.78, 5) is 45.3. The summed E-state index contributed by atoms with van der Waals surface area (Å²) in [6, 6.07) is 16.5. The maximum atomic E-state index is 12.7. The number of anilines is 1. The number of likely N-dealkylation sites (N-methyl/N-ethyl adjacent to an activating group) is 1. The molecule has 0 aliphatic carbocycles. The maximum Gasteiger partial charge on any atom is 0.412 e. The Morgan fingerprint density at radius 1 is 1.10 bits per heavy atom. The zero-order valence-electron chi connectivity index (χ0n) is 21.9. The molecule has 4 rings (SSSR count). The van der Waals surface area contributed by atoms with Crippen molar-refractivity contribution in [3.63, 3.8) is 0 Å². The second-order valence-corrected chi connectivity index (χ2v) is 9.89. The molecule has 39 heavy (non-hydrogen) atoms. The lowest BCUT2D eigenvalue weighted by atomic mass is 10.2. The van der Waals surface area contributed by atoms with E-state index in [0.29, 0.717) is 43.4 Å². The molecule has 1 fully saturated rings. The van der Waals surface area contributed by atoms with Crippen LogP contribution in [0, 0.1) is 0 Å². The number of amides is 3. The van der Waals surface area contributed by atoms with Crippen LogP contribution in [0.25, 0.3) is 10.8 Å². The number of nitrogens with zero attached hydrogens (tertiary/aromatic N) is 3. The number of rotatable bonds is 11. The smallest absolute Gasteiger partial charge is 0.412 e. The molecule has 0 unspecified atom stereocenters. The quantitative estimate of drug-likeness (QED) is 0.335. The van der Waals surface area contributed by atoms with Crippen molar-refractivity contribution >= 4 is 46.1 Å². The molecule has 3 aromatic rings. The molecule has 1 aliphatic rings. The van der Waals surface area contributed by atoms with Crippen LogP contribution >= 0.6 is 11.6 Å². The van der Waals surface area contributed by atoms with E-state index >= 15 is 0 Å². The molecule has 1 aliphatic heterocycles. The van der Waals surface area contributed by atoms with Gasteiger partial charge in [0.15, 0.2) is 0 Å². The normalized spacial score (nSPS) is 14.7. The average molecular weight is 553 g/mol. The molecule has 0 saturated carbocycles. The fourth-order valence-electron chi connectivity index (χ4n) is 4.23. The monoisotopic (exact) mass is 552 g/mol. The largest absolute Gasteiger partial charge is 0.447 e. The summed E-state index contributed by atoms with van der Waals surface area (Å²) in [5.74, 6) is 0.199. The zero-order chi connectivity index (χ0) is 27.6. The Bertz CT molecular complexity index is 1310. The fraction of sp³-hybridized carbons (Fsp3) is 0.357. The van der Waals surface area contributed by atoms with Gasteiger partial charge >= 0.3 is 6.09 Å². The first-order valence-corrected chi connectivity index (χ1v) is 13.2. The molecule has 206 valence electrons. The van der Waals surface area contributed by atoms with Crippen molar-refractivity contribution in [3.8, 4) is 0 Å². The van der Waals surface area contributed by atoms with Crippen molar-refractivity contribution in [3.05, 3.63) is 71.4 Å². The third kappa shape index (κ3) is 8.64. The third-order valence-corrected chi connectivity index (χ3v) is 6.90. The highest BCUT2D eigenvalue weighted by molar-refractivity contribution is 6.31. The number of carbonyl (C=O) groups excluding carboxylic acids is 3. The standard InChI is InChI=1S/C28H33ClN6O4/c1-34-12-13-35(18-27(34)37)11-10-23(32-26(36)17-30-15-22-8-4-5-9-24(22)29)19-39-28(38)33-25-14-20-6-2-3-7-21(20)16-31-25/h2-9,14,16,23,30H,10-13,15,17-19H2,1H3,(H,32,36)(H,31,33,38)/t23-/m0/s1. The summed E-state index contributed by atoms with van der Waals surface area (Å²) in [6.07, 6.45) is 1.53. The van der Waals surface area contributed by atoms with Crippen LogP contribution in [0.2, 0.25) is 5.02 Å². The number of hydrogen-bond donors (Lipinski definition) is 3. The number of benzene rings is 2. The first kappa shape index (κ1) is 28.3. The molecular weight excluding hydrogens is 520 g/mol. The Hall–Kier alpha value is -3.73. The lowest BCUT2D eigenvalue weighted by Gasteiger charge is -2.32. The van der Waals surface area contributed by atoms with Crippen molar-refractivity contribution in [1.82, 2.24) is 25.4 Å². The van der Waals surface area contributed by atoms with Gasteiger partial charge in [-0.1, -0.05) is 54.1 Å². The van der Waals surface area contributed by atoms with Gasteiger partial charge in [0.25, 0.3) is 0 Å². The number of hydrogen-bond acceptors (Lipinski definition) is 7. The summed E-state index contributed by atoms with van der Waals surface area (Å²) in [5, 5.41) is 11.2. The second-order valence-electron chi connectivity index (χ2n) is 9.48. The minimum Gasteiger partial charge on any atom is -0.447 e. The van der Waals surface area contributed by atoms with E-state index in [1.807, 2.05) is 47.4 Å². The number of nitrogens with one attached hydrogen (secondary N) is 3. The summed E-state index contributed by atoms with van der Waals surface area (Å²) in [6.45, 7) is 2.79. The third-order valence-electron chi connectivity index (χ3n) is 6.53. The van der Waals surface area contributed by atoms with Crippen LogP contribution in [0.1, 0.15) is 12.0 Å². The van der Waals surface area contributed by atoms with Gasteiger partial charge < -0.3 is 20.3 Å². The highest BCUT2D eigenvalue weighted by atomic mass is 35.5. The molecular formula is C28H33ClN6O4. The van der Waals surface area contributed by atoms with Gasteiger partial charge in [0.1, 0.15) is 12.4 Å². The molecule has 1 saturated heterocycles. The van der Waals surface area contributed by atoms with E-state index in [2.05, 4.69) is 20.9 Å². The molecule has 3 amide bonds. The fourth-order valence-corrected chi connectivity index (χ4v) is 4.44. The Morgan fingerprint density at radius 3 is 2.67 bits per heavy atom. The van der Waals surface area contributed by atoms with Crippen molar-refractivity contribution in [2.75, 3.05) is 51.7 Å². The Kier molecular flexibility index (Phi) is 10.1. The molecule has 2 aromatic carbocycles. The summed E-state index contributed by atoms with van der Waals surface area (Å²) in [7, 11) is 1.79. The predicted octanol–water partition coefficient (Wildman–Crippen LogP) is 2.88. The lowest BCUT2D eigenvalue weighted by molar-refractivity contribution is -0.134. The molecule has 1 atom stereocenters. The Morgan fingerprint density at radius 2 is 1.87 bits per heavy atom. The van der Waals surface area contributed by atoms with Crippen molar-refractivity contribution in [2.45, 2.75) is 19.0 Å². The number of fused-ring (bicyclic) bond motifs is 1. The molecule has 0 radical (unpaired) electrons. The number of piperazine rings is 1. The summed E-state index contributed by atoms with van der Waals surface area (Å²) < 4.78 is 5.45.